The van der Waals surface area contributed by atoms with Gasteiger partial charge in [0.05, 0.1) is 12.2 Å². The molecule has 4 rings (SSSR count). The molecule has 1 aromatic heterocycles. The number of hydrogen-bond acceptors (Lipinski definition) is 5. The van der Waals surface area contributed by atoms with Crippen LogP contribution in [-0.4, -0.2) is 34.3 Å². The summed E-state index contributed by atoms with van der Waals surface area (Å²) in [5, 5.41) is 7.13. The highest BCUT2D eigenvalue weighted by Gasteiger charge is 2.49. The summed E-state index contributed by atoms with van der Waals surface area (Å²) < 4.78 is 0. The number of thiazole rings is 1. The van der Waals surface area contributed by atoms with E-state index < -0.39 is 11.6 Å². The van der Waals surface area contributed by atoms with Gasteiger partial charge in [-0.1, -0.05) is 42.5 Å². The van der Waals surface area contributed by atoms with Crippen molar-refractivity contribution in [1.82, 2.24) is 15.2 Å². The lowest BCUT2D eigenvalue weighted by atomic mass is 9.88. The van der Waals surface area contributed by atoms with Crippen molar-refractivity contribution in [3.8, 4) is 0 Å². The molecule has 1 saturated heterocycles. The molecule has 1 atom stereocenters. The number of aromatic nitrogens is 1. The molecule has 1 fully saturated rings. The van der Waals surface area contributed by atoms with Crippen LogP contribution in [0, 0.1) is 0 Å². The minimum atomic E-state index is -1.16. The number of benzene rings is 2. The summed E-state index contributed by atoms with van der Waals surface area (Å²) in [5.74, 6) is -0.422. The van der Waals surface area contributed by atoms with Gasteiger partial charge < -0.3 is 5.32 Å². The maximum absolute atomic E-state index is 13.3. The van der Waals surface area contributed by atoms with E-state index >= 15 is 0 Å². The maximum Gasteiger partial charge on any atom is 0.325 e. The van der Waals surface area contributed by atoms with E-state index in [9.17, 15) is 14.4 Å². The Kier molecular flexibility index (Phi) is 5.03. The standard InChI is InChI=1S/C22H22N4O3S/c1-4-25(14(2)27)21-23-16(13-30-21)12-26-19(28)22(3,24-20(26)29)18-11-7-9-15-8-5-6-10-17(15)18/h5-11,13H,4,12H2,1-3H3,(H,24,29). The van der Waals surface area contributed by atoms with Crippen LogP contribution >= 0.6 is 11.3 Å². The van der Waals surface area contributed by atoms with E-state index in [2.05, 4.69) is 10.3 Å². The second kappa shape index (κ2) is 7.53. The van der Waals surface area contributed by atoms with E-state index in [1.807, 2.05) is 49.4 Å². The lowest BCUT2D eigenvalue weighted by Crippen LogP contribution is -2.41. The Hall–Kier alpha value is -3.26. The molecule has 0 aliphatic carbocycles. The lowest BCUT2D eigenvalue weighted by Gasteiger charge is -2.24. The van der Waals surface area contributed by atoms with E-state index in [1.54, 1.807) is 17.2 Å². The van der Waals surface area contributed by atoms with Crippen molar-refractivity contribution < 1.29 is 14.4 Å². The first kappa shape index (κ1) is 20.0. The van der Waals surface area contributed by atoms with E-state index in [-0.39, 0.29) is 18.4 Å². The van der Waals surface area contributed by atoms with Crippen molar-refractivity contribution in [2.75, 3.05) is 11.4 Å². The molecule has 1 unspecified atom stereocenters. The van der Waals surface area contributed by atoms with Crippen LogP contribution in [-0.2, 0) is 21.7 Å². The first-order valence-electron chi connectivity index (χ1n) is 9.70. The number of imide groups is 1. The number of rotatable bonds is 5. The lowest BCUT2D eigenvalue weighted by molar-refractivity contribution is -0.131. The van der Waals surface area contributed by atoms with Gasteiger partial charge in [0.2, 0.25) is 5.91 Å². The zero-order valence-electron chi connectivity index (χ0n) is 17.0. The number of carbonyl (C=O) groups excluding carboxylic acids is 3. The Morgan fingerprint density at radius 3 is 2.67 bits per heavy atom. The van der Waals surface area contributed by atoms with Gasteiger partial charge in [-0.3, -0.25) is 19.4 Å². The summed E-state index contributed by atoms with van der Waals surface area (Å²) >= 11 is 1.32. The quantitative estimate of drug-likeness (QED) is 0.637. The number of amides is 4. The van der Waals surface area contributed by atoms with Crippen molar-refractivity contribution >= 4 is 45.1 Å². The number of nitrogens with zero attached hydrogens (tertiary/aromatic N) is 3. The summed E-state index contributed by atoms with van der Waals surface area (Å²) in [6.07, 6.45) is 0. The molecule has 2 aromatic carbocycles. The molecule has 8 heteroatoms. The highest BCUT2D eigenvalue weighted by Crippen LogP contribution is 2.34. The first-order valence-corrected chi connectivity index (χ1v) is 10.6. The fraction of sp³-hybridized carbons (Fsp3) is 0.273. The summed E-state index contributed by atoms with van der Waals surface area (Å²) in [5.41, 5.74) is 0.167. The highest BCUT2D eigenvalue weighted by atomic mass is 32.1. The third-order valence-electron chi connectivity index (χ3n) is 5.39. The van der Waals surface area contributed by atoms with Crippen LogP contribution in [0.3, 0.4) is 0 Å². The molecular weight excluding hydrogens is 400 g/mol. The number of fused-ring (bicyclic) bond motifs is 1. The SMILES string of the molecule is CCN(C(C)=O)c1nc(CN2C(=O)NC(C)(c3cccc4ccccc34)C2=O)cs1. The molecule has 7 nitrogen and oxygen atoms in total. The molecule has 0 saturated carbocycles. The fourth-order valence-electron chi connectivity index (χ4n) is 3.83. The summed E-state index contributed by atoms with van der Waals surface area (Å²) in [6, 6.07) is 13.1. The third kappa shape index (κ3) is 3.23. The molecule has 4 amide bonds. The van der Waals surface area contributed by atoms with Crippen LogP contribution in [0.25, 0.3) is 10.8 Å². The number of hydrogen-bond donors (Lipinski definition) is 1. The number of anilines is 1. The van der Waals surface area contributed by atoms with Gasteiger partial charge in [-0.15, -0.1) is 11.3 Å². The van der Waals surface area contributed by atoms with Gasteiger partial charge in [0.1, 0.15) is 5.54 Å². The van der Waals surface area contributed by atoms with Gasteiger partial charge >= 0.3 is 6.03 Å². The zero-order valence-corrected chi connectivity index (χ0v) is 17.8. The Morgan fingerprint density at radius 2 is 1.93 bits per heavy atom. The molecule has 0 radical (unpaired) electrons. The van der Waals surface area contributed by atoms with E-state index in [0.29, 0.717) is 17.4 Å². The van der Waals surface area contributed by atoms with Crippen LogP contribution in [0.5, 0.6) is 0 Å². The monoisotopic (exact) mass is 422 g/mol. The largest absolute Gasteiger partial charge is 0.325 e. The topological polar surface area (TPSA) is 82.6 Å². The average molecular weight is 423 g/mol. The van der Waals surface area contributed by atoms with Crippen molar-refractivity contribution in [2.45, 2.75) is 32.9 Å². The van der Waals surface area contributed by atoms with Gasteiger partial charge in [0, 0.05) is 18.8 Å². The highest BCUT2D eigenvalue weighted by molar-refractivity contribution is 7.14. The van der Waals surface area contributed by atoms with Gasteiger partial charge in [-0.2, -0.15) is 0 Å². The van der Waals surface area contributed by atoms with Crippen molar-refractivity contribution in [3.63, 3.8) is 0 Å². The zero-order chi connectivity index (χ0) is 21.5. The summed E-state index contributed by atoms with van der Waals surface area (Å²) in [6.45, 7) is 5.64. The molecule has 154 valence electrons. The Labute approximate surface area is 178 Å². The van der Waals surface area contributed by atoms with Crippen LogP contribution in [0.4, 0.5) is 9.93 Å². The fourth-order valence-corrected chi connectivity index (χ4v) is 4.76. The predicted molar refractivity (Wildman–Crippen MR) is 116 cm³/mol. The number of urea groups is 1. The Morgan fingerprint density at radius 1 is 1.20 bits per heavy atom. The average Bonchev–Trinajstić information content (AvgIpc) is 3.27. The normalized spacial score (nSPS) is 18.7. The Balaban J connectivity index is 1.63. The first-order chi connectivity index (χ1) is 14.3. The van der Waals surface area contributed by atoms with Gasteiger partial charge in [0.15, 0.2) is 5.13 Å². The van der Waals surface area contributed by atoms with Gasteiger partial charge in [-0.05, 0) is 30.2 Å². The predicted octanol–water partition coefficient (Wildman–Crippen LogP) is 3.64. The molecule has 30 heavy (non-hydrogen) atoms. The molecule has 1 aliphatic heterocycles. The summed E-state index contributed by atoms with van der Waals surface area (Å²) in [4.78, 5) is 45.0. The van der Waals surface area contributed by atoms with Crippen molar-refractivity contribution in [3.05, 3.63) is 59.1 Å². The van der Waals surface area contributed by atoms with E-state index in [1.165, 1.54) is 23.2 Å². The smallest absolute Gasteiger partial charge is 0.319 e. The molecule has 1 N–H and O–H groups in total. The summed E-state index contributed by atoms with van der Waals surface area (Å²) in [7, 11) is 0. The minimum Gasteiger partial charge on any atom is -0.319 e. The van der Waals surface area contributed by atoms with Crippen molar-refractivity contribution in [1.29, 1.82) is 0 Å². The minimum absolute atomic E-state index is 0.0526. The van der Waals surface area contributed by atoms with Crippen LogP contribution in [0.1, 0.15) is 32.0 Å². The van der Waals surface area contributed by atoms with Crippen LogP contribution in [0.2, 0.25) is 0 Å². The van der Waals surface area contributed by atoms with Gasteiger partial charge in [-0.25, -0.2) is 9.78 Å². The van der Waals surface area contributed by atoms with E-state index in [4.69, 9.17) is 0 Å². The second-order valence-corrected chi connectivity index (χ2v) is 8.19. The van der Waals surface area contributed by atoms with Gasteiger partial charge in [0.25, 0.3) is 5.91 Å². The number of nitrogens with one attached hydrogen (secondary N) is 1. The molecular formula is C22H22N4O3S. The third-order valence-corrected chi connectivity index (χ3v) is 6.30. The molecule has 3 aromatic rings. The van der Waals surface area contributed by atoms with E-state index in [0.717, 1.165) is 16.3 Å². The number of carbonyl (C=O) groups is 3. The Bertz CT molecular complexity index is 1150. The maximum atomic E-state index is 13.3. The van der Waals surface area contributed by atoms with Crippen molar-refractivity contribution in [2.24, 2.45) is 0 Å². The molecule has 2 heterocycles. The van der Waals surface area contributed by atoms with Crippen LogP contribution < -0.4 is 10.2 Å². The van der Waals surface area contributed by atoms with Crippen LogP contribution in [0.15, 0.2) is 47.8 Å². The molecule has 0 spiro atoms. The molecule has 1 aliphatic rings. The molecule has 0 bridgehead atoms. The second-order valence-electron chi connectivity index (χ2n) is 7.36.